The molecule has 0 saturated carbocycles. The van der Waals surface area contributed by atoms with Gasteiger partial charge >= 0.3 is 0 Å². The van der Waals surface area contributed by atoms with Crippen LogP contribution in [0, 0.1) is 0 Å². The molecule has 0 amide bonds. The van der Waals surface area contributed by atoms with Crippen LogP contribution in [0.4, 0.5) is 0 Å². The molecule has 0 saturated heterocycles. The van der Waals surface area contributed by atoms with Gasteiger partial charge in [-0.3, -0.25) is 9.59 Å². The van der Waals surface area contributed by atoms with Gasteiger partial charge < -0.3 is 4.74 Å². The van der Waals surface area contributed by atoms with E-state index in [4.69, 9.17) is 23.2 Å². The summed E-state index contributed by atoms with van der Waals surface area (Å²) in [5, 5.41) is -1.29. The van der Waals surface area contributed by atoms with E-state index >= 15 is 0 Å². The van der Waals surface area contributed by atoms with Gasteiger partial charge in [0, 0.05) is 0 Å². The van der Waals surface area contributed by atoms with Gasteiger partial charge in [-0.2, -0.15) is 0 Å². The van der Waals surface area contributed by atoms with Crippen molar-refractivity contribution in [3.63, 3.8) is 0 Å². The summed E-state index contributed by atoms with van der Waals surface area (Å²) in [6, 6.07) is 0. The topological polar surface area (TPSA) is 43.4 Å². The summed E-state index contributed by atoms with van der Waals surface area (Å²) in [6.45, 7) is -0.556. The van der Waals surface area contributed by atoms with E-state index in [1.165, 1.54) is 0 Å². The van der Waals surface area contributed by atoms with Crippen LogP contribution in [-0.4, -0.2) is 23.7 Å². The van der Waals surface area contributed by atoms with Crippen molar-refractivity contribution in [3.05, 3.63) is 0 Å². The van der Waals surface area contributed by atoms with E-state index in [0.717, 1.165) is 0 Å². The van der Waals surface area contributed by atoms with Crippen LogP contribution >= 0.6 is 23.2 Å². The van der Waals surface area contributed by atoms with Gasteiger partial charge in [0.2, 0.25) is 10.5 Å². The Balaban J connectivity index is 3.10. The van der Waals surface area contributed by atoms with Gasteiger partial charge in [-0.1, -0.05) is 0 Å². The van der Waals surface area contributed by atoms with E-state index in [1.807, 2.05) is 0 Å². The standard InChI is InChI=1S/C4H4Cl2O3/c5-3(7)1-9-2-4(6)8/h1-2H2. The number of rotatable bonds is 4. The molecule has 0 unspecified atom stereocenters. The van der Waals surface area contributed by atoms with Crippen molar-refractivity contribution in [3.8, 4) is 0 Å². The molecule has 0 aromatic heterocycles. The van der Waals surface area contributed by atoms with Crippen LogP contribution in [0.5, 0.6) is 0 Å². The van der Waals surface area contributed by atoms with Gasteiger partial charge in [-0.05, 0) is 23.2 Å². The maximum atomic E-state index is 9.91. The first kappa shape index (κ1) is 8.88. The molecule has 0 aromatic carbocycles. The first-order chi connectivity index (χ1) is 4.13. The molecule has 0 aliphatic carbocycles. The first-order valence-corrected chi connectivity index (χ1v) is 2.83. The second kappa shape index (κ2) is 4.73. The zero-order valence-corrected chi connectivity index (χ0v) is 5.91. The molecule has 0 fully saturated rings. The maximum absolute atomic E-state index is 9.91. The summed E-state index contributed by atoms with van der Waals surface area (Å²) < 4.78 is 4.39. The third-order valence-electron chi connectivity index (χ3n) is 0.431. The molecule has 3 nitrogen and oxygen atoms in total. The Labute approximate surface area is 61.9 Å². The number of ether oxygens (including phenoxy) is 1. The molecular weight excluding hydrogens is 167 g/mol. The van der Waals surface area contributed by atoms with Crippen molar-refractivity contribution in [1.82, 2.24) is 0 Å². The first-order valence-electron chi connectivity index (χ1n) is 2.07. The fraction of sp³-hybridized carbons (Fsp3) is 0.500. The predicted molar refractivity (Wildman–Crippen MR) is 32.5 cm³/mol. The Bertz CT molecular complexity index is 109. The molecular formula is C4H4Cl2O3. The molecule has 0 rings (SSSR count). The average molecular weight is 171 g/mol. The summed E-state index contributed by atoms with van der Waals surface area (Å²) in [5.74, 6) is 0. The van der Waals surface area contributed by atoms with Crippen LogP contribution in [0.1, 0.15) is 0 Å². The lowest BCUT2D eigenvalue weighted by molar-refractivity contribution is -0.120. The molecule has 0 heterocycles. The Morgan fingerprint density at radius 3 is 1.67 bits per heavy atom. The molecule has 0 bridgehead atoms. The maximum Gasteiger partial charge on any atom is 0.247 e. The summed E-state index contributed by atoms with van der Waals surface area (Å²) in [5.41, 5.74) is 0. The van der Waals surface area contributed by atoms with Gasteiger partial charge in [0.15, 0.2) is 0 Å². The minimum atomic E-state index is -0.645. The molecule has 0 aliphatic heterocycles. The second-order valence-electron chi connectivity index (χ2n) is 1.20. The van der Waals surface area contributed by atoms with Crippen LogP contribution in [-0.2, 0) is 14.3 Å². The Kier molecular flexibility index (Phi) is 4.67. The van der Waals surface area contributed by atoms with Gasteiger partial charge in [-0.25, -0.2) is 0 Å². The van der Waals surface area contributed by atoms with Gasteiger partial charge in [-0.15, -0.1) is 0 Å². The van der Waals surface area contributed by atoms with E-state index in [1.54, 1.807) is 0 Å². The number of hydrogen-bond donors (Lipinski definition) is 0. The highest BCUT2D eigenvalue weighted by atomic mass is 35.5. The zero-order valence-electron chi connectivity index (χ0n) is 4.39. The Morgan fingerprint density at radius 2 is 1.44 bits per heavy atom. The summed E-state index contributed by atoms with van der Waals surface area (Å²) in [7, 11) is 0. The highest BCUT2D eigenvalue weighted by Crippen LogP contribution is 1.85. The predicted octanol–water partition coefficient (Wildman–Crippen LogP) is 0.534. The normalized spacial score (nSPS) is 9.11. The van der Waals surface area contributed by atoms with Crippen molar-refractivity contribution in [2.24, 2.45) is 0 Å². The summed E-state index contributed by atoms with van der Waals surface area (Å²) in [4.78, 5) is 19.8. The van der Waals surface area contributed by atoms with Gasteiger partial charge in [0.25, 0.3) is 0 Å². The van der Waals surface area contributed by atoms with Crippen molar-refractivity contribution in [2.45, 2.75) is 0 Å². The minimum Gasteiger partial charge on any atom is -0.363 e. The lowest BCUT2D eigenvalue weighted by atomic mass is 10.7. The fourth-order valence-electron chi connectivity index (χ4n) is 0.212. The largest absolute Gasteiger partial charge is 0.363 e. The second-order valence-corrected chi connectivity index (χ2v) is 2.05. The number of hydrogen-bond acceptors (Lipinski definition) is 3. The Hall–Kier alpha value is -0.120. The number of halogens is 2. The average Bonchev–Trinajstić information content (AvgIpc) is 1.63. The van der Waals surface area contributed by atoms with Crippen LogP contribution in [0.2, 0.25) is 0 Å². The molecule has 0 spiro atoms. The van der Waals surface area contributed by atoms with Crippen molar-refractivity contribution < 1.29 is 14.3 Å². The zero-order chi connectivity index (χ0) is 7.28. The lowest BCUT2D eigenvalue weighted by Crippen LogP contribution is -2.06. The van der Waals surface area contributed by atoms with Crippen molar-refractivity contribution >= 4 is 33.7 Å². The van der Waals surface area contributed by atoms with Crippen LogP contribution in [0.15, 0.2) is 0 Å². The van der Waals surface area contributed by atoms with E-state index in [2.05, 4.69) is 4.74 Å². The molecule has 9 heavy (non-hydrogen) atoms. The van der Waals surface area contributed by atoms with Crippen molar-refractivity contribution in [2.75, 3.05) is 13.2 Å². The molecule has 0 atom stereocenters. The van der Waals surface area contributed by atoms with E-state index in [0.29, 0.717) is 0 Å². The number of carbonyl (C=O) groups is 2. The third kappa shape index (κ3) is 7.88. The highest BCUT2D eigenvalue weighted by molar-refractivity contribution is 6.64. The molecule has 0 radical (unpaired) electrons. The minimum absolute atomic E-state index is 0.278. The lowest BCUT2D eigenvalue weighted by Gasteiger charge is -1.92. The Morgan fingerprint density at radius 1 is 1.11 bits per heavy atom. The summed E-state index contributed by atoms with van der Waals surface area (Å²) >= 11 is 9.69. The van der Waals surface area contributed by atoms with Gasteiger partial charge in [0.05, 0.1) is 0 Å². The highest BCUT2D eigenvalue weighted by Gasteiger charge is 1.98. The van der Waals surface area contributed by atoms with E-state index in [9.17, 15) is 9.59 Å². The monoisotopic (exact) mass is 170 g/mol. The quantitative estimate of drug-likeness (QED) is 0.579. The van der Waals surface area contributed by atoms with Gasteiger partial charge in [0.1, 0.15) is 13.2 Å². The molecule has 0 N–H and O–H groups in total. The van der Waals surface area contributed by atoms with E-state index < -0.39 is 10.5 Å². The summed E-state index contributed by atoms with van der Waals surface area (Å²) in [6.07, 6.45) is 0. The molecule has 5 heteroatoms. The van der Waals surface area contributed by atoms with Crippen LogP contribution in [0.3, 0.4) is 0 Å². The third-order valence-corrected chi connectivity index (χ3v) is 0.649. The van der Waals surface area contributed by atoms with Crippen molar-refractivity contribution in [1.29, 1.82) is 0 Å². The van der Waals surface area contributed by atoms with Crippen LogP contribution < -0.4 is 0 Å². The molecule has 52 valence electrons. The molecule has 0 aliphatic rings. The number of carbonyl (C=O) groups excluding carboxylic acids is 2. The smallest absolute Gasteiger partial charge is 0.247 e. The SMILES string of the molecule is O=C(Cl)COCC(=O)Cl. The fourth-order valence-corrected chi connectivity index (χ4v) is 0.366. The van der Waals surface area contributed by atoms with E-state index in [-0.39, 0.29) is 13.2 Å². The molecule has 0 aromatic rings. The van der Waals surface area contributed by atoms with Crippen LogP contribution in [0.25, 0.3) is 0 Å².